The molecule has 0 aliphatic rings. The summed E-state index contributed by atoms with van der Waals surface area (Å²) < 4.78 is 7.25. The van der Waals surface area contributed by atoms with Crippen LogP contribution in [0.1, 0.15) is 18.9 Å². The van der Waals surface area contributed by atoms with Crippen molar-refractivity contribution in [3.63, 3.8) is 0 Å². The van der Waals surface area contributed by atoms with Crippen molar-refractivity contribution >= 4 is 33.9 Å². The van der Waals surface area contributed by atoms with Crippen LogP contribution in [0, 0.1) is 11.3 Å². The molecule has 1 N–H and O–H groups in total. The molecule has 2 aromatic rings. The predicted molar refractivity (Wildman–Crippen MR) is 97.8 cm³/mol. The van der Waals surface area contributed by atoms with Crippen molar-refractivity contribution in [3.8, 4) is 17.3 Å². The first-order chi connectivity index (χ1) is 12.4. The highest BCUT2D eigenvalue weighted by molar-refractivity contribution is 9.10. The molecule has 7 nitrogen and oxygen atoms in total. The number of carbonyl (C=O) groups is 2. The largest absolute Gasteiger partial charge is 0.481 e. The minimum Gasteiger partial charge on any atom is -0.481 e. The molecule has 1 heterocycles. The zero-order valence-electron chi connectivity index (χ0n) is 14.0. The molecule has 0 aliphatic heterocycles. The number of rotatable bonds is 7. The Morgan fingerprint density at radius 1 is 1.38 bits per heavy atom. The maximum Gasteiger partial charge on any atom is 0.348 e. The van der Waals surface area contributed by atoms with Gasteiger partial charge in [-0.25, -0.2) is 4.79 Å². The fourth-order valence-corrected chi connectivity index (χ4v) is 2.46. The quantitative estimate of drug-likeness (QED) is 0.421. The van der Waals surface area contributed by atoms with E-state index in [-0.39, 0.29) is 25.1 Å². The van der Waals surface area contributed by atoms with E-state index >= 15 is 0 Å². The van der Waals surface area contributed by atoms with Crippen LogP contribution in [0.3, 0.4) is 0 Å². The van der Waals surface area contributed by atoms with Crippen LogP contribution in [-0.4, -0.2) is 33.4 Å². The molecule has 8 heteroatoms. The number of aryl methyl sites for hydroxylation is 1. The van der Waals surface area contributed by atoms with Crippen molar-refractivity contribution in [2.24, 2.45) is 0 Å². The van der Waals surface area contributed by atoms with Crippen molar-refractivity contribution in [2.75, 3.05) is 6.61 Å². The number of hydrogen-bond donors (Lipinski definition) is 1. The minimum absolute atomic E-state index is 0.0897. The van der Waals surface area contributed by atoms with Gasteiger partial charge >= 0.3 is 11.9 Å². The third-order valence-corrected chi connectivity index (χ3v) is 3.91. The Morgan fingerprint density at radius 2 is 2.08 bits per heavy atom. The zero-order valence-corrected chi connectivity index (χ0v) is 15.6. The Labute approximate surface area is 158 Å². The number of ether oxygens (including phenoxy) is 1. The topological polar surface area (TPSA) is 105 Å². The minimum atomic E-state index is -0.938. The summed E-state index contributed by atoms with van der Waals surface area (Å²) >= 11 is 3.36. The summed E-state index contributed by atoms with van der Waals surface area (Å²) in [5, 5.41) is 22.5. The number of halogens is 1. The monoisotopic (exact) mass is 417 g/mol. The first-order valence-corrected chi connectivity index (χ1v) is 8.58. The van der Waals surface area contributed by atoms with Crippen LogP contribution in [0.5, 0.6) is 0 Å². The molecule has 26 heavy (non-hydrogen) atoms. The number of aromatic nitrogens is 2. The van der Waals surface area contributed by atoms with E-state index in [9.17, 15) is 14.9 Å². The van der Waals surface area contributed by atoms with Gasteiger partial charge in [-0.05, 0) is 25.1 Å². The Kier molecular flexibility index (Phi) is 6.69. The van der Waals surface area contributed by atoms with Gasteiger partial charge in [0.25, 0.3) is 0 Å². The van der Waals surface area contributed by atoms with E-state index in [0.29, 0.717) is 11.3 Å². The third-order valence-electron chi connectivity index (χ3n) is 3.38. The van der Waals surface area contributed by atoms with Crippen molar-refractivity contribution in [3.05, 3.63) is 46.1 Å². The van der Waals surface area contributed by atoms with Crippen molar-refractivity contribution in [1.82, 2.24) is 9.78 Å². The first-order valence-electron chi connectivity index (χ1n) is 7.78. The van der Waals surface area contributed by atoms with Gasteiger partial charge in [0.2, 0.25) is 0 Å². The number of esters is 1. The van der Waals surface area contributed by atoms with Gasteiger partial charge in [-0.15, -0.1) is 0 Å². The maximum atomic E-state index is 11.9. The first kappa shape index (κ1) is 19.4. The lowest BCUT2D eigenvalue weighted by Gasteiger charge is -2.01. The van der Waals surface area contributed by atoms with Crippen LogP contribution < -0.4 is 0 Å². The lowest BCUT2D eigenvalue weighted by atomic mass is 10.1. The van der Waals surface area contributed by atoms with Gasteiger partial charge < -0.3 is 9.84 Å². The molecule has 0 spiro atoms. The molecule has 134 valence electrons. The summed E-state index contributed by atoms with van der Waals surface area (Å²) in [4.78, 5) is 22.7. The summed E-state index contributed by atoms with van der Waals surface area (Å²) in [5.74, 6) is -1.65. The molecule has 0 bridgehead atoms. The normalized spacial score (nSPS) is 11.0. The van der Waals surface area contributed by atoms with Crippen molar-refractivity contribution in [1.29, 1.82) is 5.26 Å². The van der Waals surface area contributed by atoms with Crippen LogP contribution in [0.25, 0.3) is 17.3 Å². The lowest BCUT2D eigenvalue weighted by Crippen LogP contribution is -2.06. The predicted octanol–water partition coefficient (Wildman–Crippen LogP) is 3.26. The maximum absolute atomic E-state index is 11.9. The highest BCUT2D eigenvalue weighted by Gasteiger charge is 2.15. The smallest absolute Gasteiger partial charge is 0.348 e. The average molecular weight is 418 g/mol. The summed E-state index contributed by atoms with van der Waals surface area (Å²) in [7, 11) is 0. The second kappa shape index (κ2) is 8.97. The zero-order chi connectivity index (χ0) is 19.1. The molecular formula is C18H16BrN3O4. The fourth-order valence-electron chi connectivity index (χ4n) is 2.20. The van der Waals surface area contributed by atoms with Crippen LogP contribution in [0.15, 0.2) is 40.5 Å². The number of nitriles is 1. The highest BCUT2D eigenvalue weighted by atomic mass is 79.9. The van der Waals surface area contributed by atoms with Gasteiger partial charge in [0, 0.05) is 21.8 Å². The Hall–Kier alpha value is -2.92. The SMILES string of the molecule is CCOC(=O)/C(C#N)=C/c1cn(CCC(=O)O)nc1-c1ccc(Br)cc1. The molecule has 0 aliphatic carbocycles. The van der Waals surface area contributed by atoms with Gasteiger partial charge in [-0.1, -0.05) is 28.1 Å². The van der Waals surface area contributed by atoms with Gasteiger partial charge in [-0.3, -0.25) is 9.48 Å². The third kappa shape index (κ3) is 5.04. The molecule has 1 aromatic carbocycles. The van der Waals surface area contributed by atoms with Gasteiger partial charge in [0.15, 0.2) is 0 Å². The van der Waals surface area contributed by atoms with Crippen LogP contribution >= 0.6 is 15.9 Å². The summed E-state index contributed by atoms with van der Waals surface area (Å²) in [6.45, 7) is 1.99. The lowest BCUT2D eigenvalue weighted by molar-refractivity contribution is -0.138. The molecule has 0 fully saturated rings. The summed E-state index contributed by atoms with van der Waals surface area (Å²) in [6, 6.07) is 9.19. The van der Waals surface area contributed by atoms with Gasteiger partial charge in [0.1, 0.15) is 11.6 Å². The molecule has 0 atom stereocenters. The molecule has 0 saturated heterocycles. The number of aliphatic carboxylic acids is 1. The van der Waals surface area contributed by atoms with E-state index in [1.165, 1.54) is 10.8 Å². The van der Waals surface area contributed by atoms with E-state index in [2.05, 4.69) is 21.0 Å². The molecule has 2 rings (SSSR count). The van der Waals surface area contributed by atoms with E-state index < -0.39 is 11.9 Å². The molecule has 0 radical (unpaired) electrons. The molecular weight excluding hydrogens is 402 g/mol. The highest BCUT2D eigenvalue weighted by Crippen LogP contribution is 2.26. The van der Waals surface area contributed by atoms with Crippen LogP contribution in [0.2, 0.25) is 0 Å². The molecule has 0 saturated carbocycles. The Balaban J connectivity index is 2.47. The molecule has 0 unspecified atom stereocenters. The van der Waals surface area contributed by atoms with Crippen LogP contribution in [-0.2, 0) is 20.9 Å². The van der Waals surface area contributed by atoms with Gasteiger partial charge in [-0.2, -0.15) is 10.4 Å². The van der Waals surface area contributed by atoms with Crippen molar-refractivity contribution in [2.45, 2.75) is 19.9 Å². The van der Waals surface area contributed by atoms with E-state index in [1.54, 1.807) is 13.1 Å². The standard InChI is InChI=1S/C18H16BrN3O4/c1-2-26-18(25)13(10-20)9-14-11-22(8-7-16(23)24)21-17(14)12-3-5-15(19)6-4-12/h3-6,9,11H,2,7-8H2,1H3,(H,23,24)/b13-9+. The number of hydrogen-bond acceptors (Lipinski definition) is 5. The fraction of sp³-hybridized carbons (Fsp3) is 0.222. The van der Waals surface area contributed by atoms with Gasteiger partial charge in [0.05, 0.1) is 25.3 Å². The molecule has 1 aromatic heterocycles. The number of nitrogens with zero attached hydrogens (tertiary/aromatic N) is 3. The second-order valence-corrected chi connectivity index (χ2v) is 6.15. The van der Waals surface area contributed by atoms with Crippen LogP contribution in [0.4, 0.5) is 0 Å². The van der Waals surface area contributed by atoms with E-state index in [4.69, 9.17) is 9.84 Å². The number of carboxylic acid groups (broad SMARTS) is 1. The Morgan fingerprint density at radius 3 is 2.65 bits per heavy atom. The summed E-state index contributed by atoms with van der Waals surface area (Å²) in [5.41, 5.74) is 1.69. The average Bonchev–Trinajstić information content (AvgIpc) is 3.01. The number of carbonyl (C=O) groups excluding carboxylic acids is 1. The van der Waals surface area contributed by atoms with E-state index in [0.717, 1.165) is 10.0 Å². The van der Waals surface area contributed by atoms with E-state index in [1.807, 2.05) is 30.3 Å². The number of carboxylic acids is 1. The summed E-state index contributed by atoms with van der Waals surface area (Å²) in [6.07, 6.45) is 2.92. The number of benzene rings is 1. The molecule has 0 amide bonds. The Bertz CT molecular complexity index is 879. The van der Waals surface area contributed by atoms with Crippen molar-refractivity contribution < 1.29 is 19.4 Å². The second-order valence-electron chi connectivity index (χ2n) is 5.24.